The molecule has 36 heavy (non-hydrogen) atoms. The Balaban J connectivity index is 1.36. The Kier molecular flexibility index (Phi) is 9.06. The van der Waals surface area contributed by atoms with Gasteiger partial charge in [-0.1, -0.05) is 54.6 Å². The van der Waals surface area contributed by atoms with E-state index in [4.69, 9.17) is 14.2 Å². The van der Waals surface area contributed by atoms with Crippen LogP contribution in [-0.4, -0.2) is 17.5 Å². The van der Waals surface area contributed by atoms with Gasteiger partial charge in [0.05, 0.1) is 19.8 Å². The van der Waals surface area contributed by atoms with Crippen molar-refractivity contribution in [3.8, 4) is 11.5 Å². The number of carbonyl (C=O) groups excluding carboxylic acids is 1. The second-order valence-electron chi connectivity index (χ2n) is 8.17. The lowest BCUT2D eigenvalue weighted by atomic mass is 10.1. The number of rotatable bonds is 12. The van der Waals surface area contributed by atoms with Gasteiger partial charge in [0.25, 0.3) is 5.91 Å². The maximum atomic E-state index is 12.9. The van der Waals surface area contributed by atoms with E-state index in [1.165, 1.54) is 0 Å². The molecule has 0 aliphatic carbocycles. The van der Waals surface area contributed by atoms with Crippen LogP contribution in [-0.2, 0) is 31.1 Å². The molecule has 0 atom stereocenters. The molecule has 0 saturated heterocycles. The summed E-state index contributed by atoms with van der Waals surface area (Å²) >= 11 is 0. The highest BCUT2D eigenvalue weighted by molar-refractivity contribution is 5.94. The van der Waals surface area contributed by atoms with Crippen LogP contribution in [0, 0.1) is 0 Å². The number of amides is 1. The number of hydrogen-bond donors (Lipinski definition) is 1. The third-order valence-corrected chi connectivity index (χ3v) is 5.58. The number of nitrogens with zero attached hydrogens (tertiary/aromatic N) is 1. The quantitative estimate of drug-likeness (QED) is 0.280. The van der Waals surface area contributed by atoms with Gasteiger partial charge in [0.15, 0.2) is 11.5 Å². The van der Waals surface area contributed by atoms with Crippen LogP contribution >= 0.6 is 0 Å². The lowest BCUT2D eigenvalue weighted by molar-refractivity contribution is 0.0947. The Morgan fingerprint density at radius 2 is 1.47 bits per heavy atom. The topological polar surface area (TPSA) is 69.7 Å². The van der Waals surface area contributed by atoms with Crippen molar-refractivity contribution in [3.63, 3.8) is 0 Å². The third kappa shape index (κ3) is 7.17. The van der Waals surface area contributed by atoms with Crippen LogP contribution in [0.4, 0.5) is 0 Å². The molecule has 0 bridgehead atoms. The van der Waals surface area contributed by atoms with Crippen molar-refractivity contribution in [3.05, 3.63) is 125 Å². The first kappa shape index (κ1) is 24.9. The number of benzene rings is 3. The molecule has 0 spiro atoms. The fourth-order valence-electron chi connectivity index (χ4n) is 3.68. The molecule has 6 heteroatoms. The Hall–Kier alpha value is -4.16. The van der Waals surface area contributed by atoms with Gasteiger partial charge < -0.3 is 19.5 Å². The Morgan fingerprint density at radius 1 is 0.750 bits per heavy atom. The molecule has 0 radical (unpaired) electrons. The first-order valence-corrected chi connectivity index (χ1v) is 12.0. The van der Waals surface area contributed by atoms with Gasteiger partial charge in [-0.3, -0.25) is 9.78 Å². The second-order valence-corrected chi connectivity index (χ2v) is 8.17. The van der Waals surface area contributed by atoms with E-state index in [-0.39, 0.29) is 5.91 Å². The highest BCUT2D eigenvalue weighted by atomic mass is 16.5. The van der Waals surface area contributed by atoms with E-state index in [1.54, 1.807) is 30.6 Å². The van der Waals surface area contributed by atoms with Crippen molar-refractivity contribution in [1.29, 1.82) is 0 Å². The summed E-state index contributed by atoms with van der Waals surface area (Å²) in [6.45, 7) is 4.16. The summed E-state index contributed by atoms with van der Waals surface area (Å²) in [5, 5.41) is 3.01. The van der Waals surface area contributed by atoms with E-state index in [2.05, 4.69) is 10.3 Å². The lowest BCUT2D eigenvalue weighted by Crippen LogP contribution is -2.23. The number of carbonyl (C=O) groups is 1. The highest BCUT2D eigenvalue weighted by Crippen LogP contribution is 2.29. The molecule has 184 valence electrons. The zero-order chi connectivity index (χ0) is 25.0. The second kappa shape index (κ2) is 13.1. The van der Waals surface area contributed by atoms with E-state index in [9.17, 15) is 4.79 Å². The summed E-state index contributed by atoms with van der Waals surface area (Å²) in [7, 11) is 0. The molecule has 4 aromatic rings. The molecular formula is C30H30N2O4. The van der Waals surface area contributed by atoms with Gasteiger partial charge in [0.2, 0.25) is 0 Å². The predicted molar refractivity (Wildman–Crippen MR) is 139 cm³/mol. The minimum Gasteiger partial charge on any atom is -0.490 e. The first-order valence-electron chi connectivity index (χ1n) is 12.0. The van der Waals surface area contributed by atoms with Crippen LogP contribution in [0.15, 0.2) is 97.3 Å². The number of nitrogens with one attached hydrogen (secondary N) is 1. The van der Waals surface area contributed by atoms with Crippen LogP contribution in [0.5, 0.6) is 11.5 Å². The SMILES string of the molecule is CCOc1cc(C(=O)NCc2ccccc2COCc2ccccc2)ccc1OCc1ccncc1. The summed E-state index contributed by atoms with van der Waals surface area (Å²) in [4.78, 5) is 16.9. The normalized spacial score (nSPS) is 10.6. The van der Waals surface area contributed by atoms with E-state index in [0.717, 1.165) is 22.3 Å². The lowest BCUT2D eigenvalue weighted by Gasteiger charge is -2.14. The summed E-state index contributed by atoms with van der Waals surface area (Å²) in [6.07, 6.45) is 3.45. The molecule has 4 rings (SSSR count). The summed E-state index contributed by atoms with van der Waals surface area (Å²) in [6, 6.07) is 27.1. The van der Waals surface area contributed by atoms with Crippen LogP contribution in [0.1, 0.15) is 39.5 Å². The minimum atomic E-state index is -0.184. The molecule has 0 aliphatic rings. The molecular weight excluding hydrogens is 452 g/mol. The Morgan fingerprint density at radius 3 is 2.25 bits per heavy atom. The van der Waals surface area contributed by atoms with Crippen molar-refractivity contribution in [2.75, 3.05) is 6.61 Å². The minimum absolute atomic E-state index is 0.184. The molecule has 0 saturated carbocycles. The molecule has 0 unspecified atom stereocenters. The maximum Gasteiger partial charge on any atom is 0.251 e. The van der Waals surface area contributed by atoms with Crippen molar-refractivity contribution < 1.29 is 19.0 Å². The number of hydrogen-bond acceptors (Lipinski definition) is 5. The van der Waals surface area contributed by atoms with Crippen LogP contribution in [0.3, 0.4) is 0 Å². The van der Waals surface area contributed by atoms with E-state index < -0.39 is 0 Å². The summed E-state index contributed by atoms with van der Waals surface area (Å²) < 4.78 is 17.6. The molecule has 3 aromatic carbocycles. The van der Waals surface area contributed by atoms with Gasteiger partial charge in [-0.05, 0) is 59.5 Å². The molecule has 1 aromatic heterocycles. The van der Waals surface area contributed by atoms with Crippen molar-refractivity contribution in [2.45, 2.75) is 33.3 Å². The number of aromatic nitrogens is 1. The van der Waals surface area contributed by atoms with E-state index >= 15 is 0 Å². The molecule has 0 fully saturated rings. The fraction of sp³-hybridized carbons (Fsp3) is 0.200. The molecule has 0 aliphatic heterocycles. The molecule has 1 amide bonds. The van der Waals surface area contributed by atoms with E-state index in [1.807, 2.05) is 73.7 Å². The third-order valence-electron chi connectivity index (χ3n) is 5.58. The monoisotopic (exact) mass is 482 g/mol. The van der Waals surface area contributed by atoms with Gasteiger partial charge in [0, 0.05) is 24.5 Å². The average molecular weight is 483 g/mol. The summed E-state index contributed by atoms with van der Waals surface area (Å²) in [5.41, 5.74) is 4.69. The largest absolute Gasteiger partial charge is 0.490 e. The van der Waals surface area contributed by atoms with Crippen LogP contribution in [0.25, 0.3) is 0 Å². The molecule has 1 N–H and O–H groups in total. The van der Waals surface area contributed by atoms with Gasteiger partial charge in [-0.2, -0.15) is 0 Å². The zero-order valence-electron chi connectivity index (χ0n) is 20.4. The predicted octanol–water partition coefficient (Wildman–Crippen LogP) is 5.71. The first-order chi connectivity index (χ1) is 17.7. The fourth-order valence-corrected chi connectivity index (χ4v) is 3.68. The van der Waals surface area contributed by atoms with E-state index in [0.29, 0.717) is 50.0 Å². The molecule has 6 nitrogen and oxygen atoms in total. The number of pyridine rings is 1. The average Bonchev–Trinajstić information content (AvgIpc) is 2.93. The van der Waals surface area contributed by atoms with Crippen molar-refractivity contribution in [1.82, 2.24) is 10.3 Å². The number of ether oxygens (including phenoxy) is 3. The zero-order valence-corrected chi connectivity index (χ0v) is 20.4. The smallest absolute Gasteiger partial charge is 0.251 e. The Labute approximate surface area is 211 Å². The Bertz CT molecular complexity index is 1250. The van der Waals surface area contributed by atoms with Gasteiger partial charge in [0.1, 0.15) is 6.61 Å². The van der Waals surface area contributed by atoms with Gasteiger partial charge in [-0.25, -0.2) is 0 Å². The standard InChI is InChI=1S/C30H30N2O4/c1-2-35-29-18-25(12-13-28(29)36-21-24-14-16-31-17-15-24)30(33)32-19-26-10-6-7-11-27(26)22-34-20-23-8-4-3-5-9-23/h3-18H,2,19-22H2,1H3,(H,32,33). The van der Waals surface area contributed by atoms with Gasteiger partial charge >= 0.3 is 0 Å². The summed E-state index contributed by atoms with van der Waals surface area (Å²) in [5.74, 6) is 0.941. The highest BCUT2D eigenvalue weighted by Gasteiger charge is 2.13. The van der Waals surface area contributed by atoms with Crippen LogP contribution in [0.2, 0.25) is 0 Å². The maximum absolute atomic E-state index is 12.9. The van der Waals surface area contributed by atoms with Gasteiger partial charge in [-0.15, -0.1) is 0 Å². The molecule has 1 heterocycles. The van der Waals surface area contributed by atoms with Crippen LogP contribution < -0.4 is 14.8 Å². The van der Waals surface area contributed by atoms with Crippen molar-refractivity contribution >= 4 is 5.91 Å². The van der Waals surface area contributed by atoms with Crippen molar-refractivity contribution in [2.24, 2.45) is 0 Å².